The van der Waals surface area contributed by atoms with Crippen LogP contribution in [0.3, 0.4) is 0 Å². The summed E-state index contributed by atoms with van der Waals surface area (Å²) in [5, 5.41) is 0. The van der Waals surface area contributed by atoms with Crippen LogP contribution >= 0.6 is 0 Å². The molecular formula is C15H20N2O4S. The molecule has 1 aromatic rings. The van der Waals surface area contributed by atoms with Crippen LogP contribution in [0, 0.1) is 5.92 Å². The maximum atomic E-state index is 12.1. The Morgan fingerprint density at radius 3 is 2.82 bits per heavy atom. The summed E-state index contributed by atoms with van der Waals surface area (Å²) in [6.45, 7) is 3.24. The van der Waals surface area contributed by atoms with Gasteiger partial charge < -0.3 is 9.64 Å². The first-order valence-electron chi connectivity index (χ1n) is 7.29. The second-order valence-corrected chi connectivity index (χ2v) is 6.73. The number of hydrogen-bond acceptors (Lipinski definition) is 4. The van der Waals surface area contributed by atoms with Crippen molar-refractivity contribution in [1.82, 2.24) is 4.90 Å². The molecule has 1 heterocycles. The molecule has 0 unspecified atom stereocenters. The number of sulfonamides is 1. The van der Waals surface area contributed by atoms with Gasteiger partial charge in [0.1, 0.15) is 6.34 Å². The number of piperidine rings is 1. The molecule has 7 heteroatoms. The summed E-state index contributed by atoms with van der Waals surface area (Å²) in [6, 6.07) is 8.06. The Morgan fingerprint density at radius 2 is 2.14 bits per heavy atom. The molecule has 22 heavy (non-hydrogen) atoms. The zero-order valence-corrected chi connectivity index (χ0v) is 13.3. The Kier molecular flexibility index (Phi) is 5.54. The lowest BCUT2D eigenvalue weighted by Gasteiger charge is -2.29. The molecule has 1 aliphatic heterocycles. The van der Waals surface area contributed by atoms with Gasteiger partial charge in [0.05, 0.1) is 17.4 Å². The standard InChI is InChI=1S/C15H20N2O4S/c1-2-21-15(18)13-7-6-10-17(11-13)12-16-22(19,20)14-8-4-3-5-9-14/h3-5,8-9,12-13H,2,6-7,10-11H2,1H3/b16-12+/t13-/m0/s1. The summed E-state index contributed by atoms with van der Waals surface area (Å²) in [4.78, 5) is 13.7. The maximum absolute atomic E-state index is 12.1. The van der Waals surface area contributed by atoms with Crippen molar-refractivity contribution in [2.45, 2.75) is 24.7 Å². The van der Waals surface area contributed by atoms with Gasteiger partial charge in [-0.15, -0.1) is 4.40 Å². The third kappa shape index (κ3) is 4.30. The quantitative estimate of drug-likeness (QED) is 0.468. The summed E-state index contributed by atoms with van der Waals surface area (Å²) in [5.41, 5.74) is 0. The predicted molar refractivity (Wildman–Crippen MR) is 83.0 cm³/mol. The van der Waals surface area contributed by atoms with Crippen molar-refractivity contribution in [2.24, 2.45) is 10.3 Å². The highest BCUT2D eigenvalue weighted by molar-refractivity contribution is 7.90. The molecule has 0 N–H and O–H groups in total. The number of hydrogen-bond donors (Lipinski definition) is 0. The van der Waals surface area contributed by atoms with E-state index < -0.39 is 10.0 Å². The monoisotopic (exact) mass is 324 g/mol. The third-order valence-corrected chi connectivity index (χ3v) is 4.70. The van der Waals surface area contributed by atoms with Gasteiger partial charge in [-0.3, -0.25) is 4.79 Å². The van der Waals surface area contributed by atoms with E-state index in [1.807, 2.05) is 0 Å². The lowest BCUT2D eigenvalue weighted by molar-refractivity contribution is -0.149. The fourth-order valence-corrected chi connectivity index (χ4v) is 3.23. The molecule has 6 nitrogen and oxygen atoms in total. The van der Waals surface area contributed by atoms with Gasteiger partial charge in [0.15, 0.2) is 0 Å². The van der Waals surface area contributed by atoms with Crippen LogP contribution in [0.1, 0.15) is 19.8 Å². The number of benzene rings is 1. The molecule has 0 saturated carbocycles. The minimum Gasteiger partial charge on any atom is -0.466 e. The predicted octanol–water partition coefficient (Wildman–Crippen LogP) is 1.68. The van der Waals surface area contributed by atoms with Crippen LogP contribution in [0.5, 0.6) is 0 Å². The second kappa shape index (κ2) is 7.40. The van der Waals surface area contributed by atoms with Crippen molar-refractivity contribution in [1.29, 1.82) is 0 Å². The largest absolute Gasteiger partial charge is 0.466 e. The molecule has 1 aromatic carbocycles. The van der Waals surface area contributed by atoms with Crippen molar-refractivity contribution in [3.63, 3.8) is 0 Å². The molecule has 0 aromatic heterocycles. The van der Waals surface area contributed by atoms with E-state index in [0.29, 0.717) is 19.7 Å². The molecule has 120 valence electrons. The van der Waals surface area contributed by atoms with Gasteiger partial charge in [-0.1, -0.05) is 18.2 Å². The zero-order chi connectivity index (χ0) is 16.0. The second-order valence-electron chi connectivity index (χ2n) is 5.10. The molecule has 1 saturated heterocycles. The smallest absolute Gasteiger partial charge is 0.310 e. The summed E-state index contributed by atoms with van der Waals surface area (Å²) >= 11 is 0. The topological polar surface area (TPSA) is 76.0 Å². The first-order valence-corrected chi connectivity index (χ1v) is 8.73. The molecule has 1 atom stereocenters. The van der Waals surface area contributed by atoms with Crippen LogP contribution in [-0.4, -0.2) is 45.3 Å². The molecule has 0 spiro atoms. The Hall–Kier alpha value is -1.89. The summed E-state index contributed by atoms with van der Waals surface area (Å²) in [6.07, 6.45) is 2.88. The Labute approximate surface area is 130 Å². The SMILES string of the molecule is CCOC(=O)[C@H]1CCCN(/C=N/S(=O)(=O)c2ccccc2)C1. The van der Waals surface area contributed by atoms with Crippen molar-refractivity contribution >= 4 is 22.3 Å². The summed E-state index contributed by atoms with van der Waals surface area (Å²) < 4.78 is 32.9. The van der Waals surface area contributed by atoms with Crippen LogP contribution in [0.25, 0.3) is 0 Å². The molecule has 0 radical (unpaired) electrons. The van der Waals surface area contributed by atoms with E-state index in [4.69, 9.17) is 4.74 Å². The van der Waals surface area contributed by atoms with E-state index in [9.17, 15) is 13.2 Å². The normalized spacial score (nSPS) is 19.3. The first-order chi connectivity index (χ1) is 10.5. The van der Waals surface area contributed by atoms with Gasteiger partial charge in [-0.05, 0) is 31.9 Å². The summed E-state index contributed by atoms with van der Waals surface area (Å²) in [7, 11) is -3.70. The number of ether oxygens (including phenoxy) is 1. The fraction of sp³-hybridized carbons (Fsp3) is 0.467. The lowest BCUT2D eigenvalue weighted by Crippen LogP contribution is -2.38. The summed E-state index contributed by atoms with van der Waals surface area (Å²) in [5.74, 6) is -0.453. The highest BCUT2D eigenvalue weighted by atomic mass is 32.2. The number of carbonyl (C=O) groups excluding carboxylic acids is 1. The van der Waals surface area contributed by atoms with E-state index in [0.717, 1.165) is 12.8 Å². The van der Waals surface area contributed by atoms with E-state index >= 15 is 0 Å². The minimum atomic E-state index is -3.70. The molecular weight excluding hydrogens is 304 g/mol. The van der Waals surface area contributed by atoms with Crippen LogP contribution in [-0.2, 0) is 19.6 Å². The van der Waals surface area contributed by atoms with Gasteiger partial charge in [0, 0.05) is 13.1 Å². The fourth-order valence-electron chi connectivity index (χ4n) is 2.35. The average Bonchev–Trinajstić information content (AvgIpc) is 2.54. The Morgan fingerprint density at radius 1 is 1.41 bits per heavy atom. The molecule has 1 aliphatic rings. The zero-order valence-electron chi connectivity index (χ0n) is 12.5. The molecule has 0 aliphatic carbocycles. The van der Waals surface area contributed by atoms with Gasteiger partial charge in [-0.25, -0.2) is 0 Å². The van der Waals surface area contributed by atoms with Gasteiger partial charge in [0.2, 0.25) is 0 Å². The Balaban J connectivity index is 2.02. The number of rotatable bonds is 5. The van der Waals surface area contributed by atoms with Crippen LogP contribution in [0.15, 0.2) is 39.6 Å². The van der Waals surface area contributed by atoms with E-state index in [2.05, 4.69) is 4.40 Å². The molecule has 1 fully saturated rings. The van der Waals surface area contributed by atoms with Crippen molar-refractivity contribution in [3.8, 4) is 0 Å². The number of carbonyl (C=O) groups is 1. The number of nitrogens with zero attached hydrogens (tertiary/aromatic N) is 2. The van der Waals surface area contributed by atoms with Gasteiger partial charge in [-0.2, -0.15) is 8.42 Å². The van der Waals surface area contributed by atoms with Crippen LogP contribution < -0.4 is 0 Å². The average molecular weight is 324 g/mol. The van der Waals surface area contributed by atoms with Gasteiger partial charge >= 0.3 is 5.97 Å². The molecule has 0 amide bonds. The van der Waals surface area contributed by atoms with Crippen molar-refractivity contribution in [2.75, 3.05) is 19.7 Å². The van der Waals surface area contributed by atoms with E-state index in [1.54, 1.807) is 30.0 Å². The van der Waals surface area contributed by atoms with Gasteiger partial charge in [0.25, 0.3) is 10.0 Å². The minimum absolute atomic E-state index is 0.158. The third-order valence-electron chi connectivity index (χ3n) is 3.46. The molecule has 0 bridgehead atoms. The highest BCUT2D eigenvalue weighted by Gasteiger charge is 2.26. The van der Waals surface area contributed by atoms with Crippen molar-refractivity contribution < 1.29 is 17.9 Å². The number of likely N-dealkylation sites (tertiary alicyclic amines) is 1. The molecule has 2 rings (SSSR count). The van der Waals surface area contributed by atoms with Crippen LogP contribution in [0.4, 0.5) is 0 Å². The van der Waals surface area contributed by atoms with Crippen molar-refractivity contribution in [3.05, 3.63) is 30.3 Å². The highest BCUT2D eigenvalue weighted by Crippen LogP contribution is 2.17. The lowest BCUT2D eigenvalue weighted by atomic mass is 9.99. The first kappa shape index (κ1) is 16.5. The Bertz CT molecular complexity index is 628. The maximum Gasteiger partial charge on any atom is 0.310 e. The van der Waals surface area contributed by atoms with Crippen LogP contribution in [0.2, 0.25) is 0 Å². The van der Waals surface area contributed by atoms with E-state index in [-0.39, 0.29) is 16.8 Å². The van der Waals surface area contributed by atoms with E-state index in [1.165, 1.54) is 18.5 Å². The number of esters is 1.